The van der Waals surface area contributed by atoms with Crippen molar-refractivity contribution in [1.82, 2.24) is 0 Å². The van der Waals surface area contributed by atoms with Crippen molar-refractivity contribution >= 4 is 22.6 Å². The molecule has 1 fully saturated rings. The van der Waals surface area contributed by atoms with Crippen molar-refractivity contribution in [1.29, 1.82) is 0 Å². The maximum absolute atomic E-state index is 6.13. The lowest BCUT2D eigenvalue weighted by atomic mass is 9.90. The third-order valence-corrected chi connectivity index (χ3v) is 3.97. The Labute approximate surface area is 105 Å². The summed E-state index contributed by atoms with van der Waals surface area (Å²) in [6.45, 7) is 2.20. The van der Waals surface area contributed by atoms with E-state index in [4.69, 9.17) is 9.15 Å². The van der Waals surface area contributed by atoms with E-state index in [1.54, 1.807) is 6.26 Å². The molecule has 1 aromatic rings. The maximum Gasteiger partial charge on any atom is 0.106 e. The standard InChI is InChI=1S/C12H17IO2/c1-12(8-10-5-3-7-14-10)6-2-4-11(9-13)15-12/h3,5,7,11H,2,4,6,8-9H2,1H3. The van der Waals surface area contributed by atoms with Gasteiger partial charge in [0.2, 0.25) is 0 Å². The van der Waals surface area contributed by atoms with E-state index in [0.29, 0.717) is 6.10 Å². The Hall–Kier alpha value is -0.0300. The van der Waals surface area contributed by atoms with E-state index >= 15 is 0 Å². The summed E-state index contributed by atoms with van der Waals surface area (Å²) in [5, 5.41) is 0. The van der Waals surface area contributed by atoms with Crippen molar-refractivity contribution in [3.8, 4) is 0 Å². The zero-order chi connectivity index (χ0) is 10.7. The molecule has 1 aromatic heterocycles. The predicted octanol–water partition coefficient (Wildman–Crippen LogP) is 3.58. The first kappa shape index (κ1) is 11.5. The fourth-order valence-corrected chi connectivity index (χ4v) is 2.86. The molecular formula is C12H17IO2. The minimum absolute atomic E-state index is 0.0219. The van der Waals surface area contributed by atoms with Crippen molar-refractivity contribution < 1.29 is 9.15 Å². The molecule has 2 unspecified atom stereocenters. The molecule has 15 heavy (non-hydrogen) atoms. The normalized spacial score (nSPS) is 31.7. The van der Waals surface area contributed by atoms with Gasteiger partial charge in [0.15, 0.2) is 0 Å². The van der Waals surface area contributed by atoms with Crippen molar-refractivity contribution in [2.45, 2.75) is 44.3 Å². The number of hydrogen-bond donors (Lipinski definition) is 0. The summed E-state index contributed by atoms with van der Waals surface area (Å²) >= 11 is 2.40. The van der Waals surface area contributed by atoms with Crippen molar-refractivity contribution in [3.05, 3.63) is 24.2 Å². The van der Waals surface area contributed by atoms with Crippen LogP contribution in [-0.2, 0) is 11.2 Å². The lowest BCUT2D eigenvalue weighted by Crippen LogP contribution is -2.40. The molecule has 2 rings (SSSR count). The molecule has 3 heteroatoms. The third kappa shape index (κ3) is 2.97. The second kappa shape index (κ2) is 4.87. The molecule has 2 nitrogen and oxygen atoms in total. The molecule has 0 aromatic carbocycles. The summed E-state index contributed by atoms with van der Waals surface area (Å²) in [6.07, 6.45) is 6.67. The number of hydrogen-bond acceptors (Lipinski definition) is 2. The van der Waals surface area contributed by atoms with Gasteiger partial charge in [0, 0.05) is 10.8 Å². The van der Waals surface area contributed by atoms with Crippen molar-refractivity contribution in [2.75, 3.05) is 4.43 Å². The lowest BCUT2D eigenvalue weighted by molar-refractivity contribution is -0.108. The number of ether oxygens (including phenoxy) is 1. The second-order valence-corrected chi connectivity index (χ2v) is 5.37. The van der Waals surface area contributed by atoms with Crippen LogP contribution in [0, 0.1) is 0 Å². The van der Waals surface area contributed by atoms with Crippen LogP contribution in [0.2, 0.25) is 0 Å². The number of alkyl halides is 1. The van der Waals surface area contributed by atoms with E-state index in [9.17, 15) is 0 Å². The Morgan fingerprint density at radius 3 is 3.13 bits per heavy atom. The quantitative estimate of drug-likeness (QED) is 0.627. The van der Waals surface area contributed by atoms with E-state index < -0.39 is 0 Å². The van der Waals surface area contributed by atoms with Gasteiger partial charge >= 0.3 is 0 Å². The average Bonchev–Trinajstić information content (AvgIpc) is 2.69. The van der Waals surface area contributed by atoms with Crippen LogP contribution in [-0.4, -0.2) is 16.1 Å². The molecule has 1 aliphatic rings. The first-order chi connectivity index (χ1) is 7.22. The monoisotopic (exact) mass is 320 g/mol. The van der Waals surface area contributed by atoms with Gasteiger partial charge in [0.1, 0.15) is 5.76 Å². The highest BCUT2D eigenvalue weighted by Gasteiger charge is 2.33. The molecule has 0 N–H and O–H groups in total. The first-order valence-corrected chi connectivity index (χ1v) is 7.00. The average molecular weight is 320 g/mol. The zero-order valence-corrected chi connectivity index (χ0v) is 11.2. The SMILES string of the molecule is CC1(Cc2ccco2)CCCC(CI)O1. The molecule has 2 heterocycles. The highest BCUT2D eigenvalue weighted by atomic mass is 127. The van der Waals surface area contributed by atoms with E-state index in [0.717, 1.165) is 23.0 Å². The Balaban J connectivity index is 1.99. The molecule has 84 valence electrons. The van der Waals surface area contributed by atoms with Gasteiger partial charge < -0.3 is 9.15 Å². The summed E-state index contributed by atoms with van der Waals surface area (Å²) in [5.41, 5.74) is -0.0219. The minimum Gasteiger partial charge on any atom is -0.469 e. The molecule has 0 spiro atoms. The molecule has 1 saturated heterocycles. The van der Waals surface area contributed by atoms with Crippen LogP contribution in [0.1, 0.15) is 31.9 Å². The van der Waals surface area contributed by atoms with Crippen LogP contribution in [0.25, 0.3) is 0 Å². The van der Waals surface area contributed by atoms with E-state index in [1.165, 1.54) is 12.8 Å². The Morgan fingerprint density at radius 2 is 2.47 bits per heavy atom. The van der Waals surface area contributed by atoms with Crippen molar-refractivity contribution in [3.63, 3.8) is 0 Å². The lowest BCUT2D eigenvalue weighted by Gasteiger charge is -2.37. The number of halogens is 1. The summed E-state index contributed by atoms with van der Waals surface area (Å²) in [5.74, 6) is 1.03. The zero-order valence-electron chi connectivity index (χ0n) is 9.04. The topological polar surface area (TPSA) is 22.4 Å². The van der Waals surface area contributed by atoms with Gasteiger partial charge in [-0.2, -0.15) is 0 Å². The minimum atomic E-state index is -0.0219. The first-order valence-electron chi connectivity index (χ1n) is 5.48. The van der Waals surface area contributed by atoms with Gasteiger partial charge in [-0.05, 0) is 38.3 Å². The maximum atomic E-state index is 6.13. The number of furan rings is 1. The highest BCUT2D eigenvalue weighted by molar-refractivity contribution is 14.1. The van der Waals surface area contributed by atoms with Crippen LogP contribution in [0.5, 0.6) is 0 Å². The van der Waals surface area contributed by atoms with Gasteiger partial charge in [0.05, 0.1) is 18.0 Å². The molecule has 0 saturated carbocycles. The summed E-state index contributed by atoms with van der Waals surface area (Å²) < 4.78 is 12.6. The van der Waals surface area contributed by atoms with E-state index in [1.807, 2.05) is 12.1 Å². The summed E-state index contributed by atoms with van der Waals surface area (Å²) in [6, 6.07) is 3.97. The van der Waals surface area contributed by atoms with Crippen LogP contribution < -0.4 is 0 Å². The van der Waals surface area contributed by atoms with Gasteiger partial charge in [-0.25, -0.2) is 0 Å². The summed E-state index contributed by atoms with van der Waals surface area (Å²) in [4.78, 5) is 0. The molecule has 1 aliphatic heterocycles. The fraction of sp³-hybridized carbons (Fsp3) is 0.667. The second-order valence-electron chi connectivity index (χ2n) is 4.49. The predicted molar refractivity (Wildman–Crippen MR) is 68.4 cm³/mol. The molecule has 0 aliphatic carbocycles. The highest BCUT2D eigenvalue weighted by Crippen LogP contribution is 2.32. The third-order valence-electron chi connectivity index (χ3n) is 2.98. The largest absolute Gasteiger partial charge is 0.469 e. The molecule has 0 bridgehead atoms. The van der Waals surface area contributed by atoms with Crippen LogP contribution in [0.4, 0.5) is 0 Å². The molecule has 0 amide bonds. The van der Waals surface area contributed by atoms with Gasteiger partial charge in [-0.15, -0.1) is 0 Å². The van der Waals surface area contributed by atoms with Crippen LogP contribution in [0.15, 0.2) is 22.8 Å². The molecule has 2 atom stereocenters. The Kier molecular flexibility index (Phi) is 3.72. The Bertz CT molecular complexity index is 297. The van der Waals surface area contributed by atoms with E-state index in [2.05, 4.69) is 29.5 Å². The fourth-order valence-electron chi connectivity index (χ4n) is 2.24. The van der Waals surface area contributed by atoms with Gasteiger partial charge in [-0.3, -0.25) is 0 Å². The summed E-state index contributed by atoms with van der Waals surface area (Å²) in [7, 11) is 0. The smallest absolute Gasteiger partial charge is 0.106 e. The van der Waals surface area contributed by atoms with Gasteiger partial charge in [-0.1, -0.05) is 22.6 Å². The Morgan fingerprint density at radius 1 is 1.60 bits per heavy atom. The van der Waals surface area contributed by atoms with Crippen LogP contribution >= 0.6 is 22.6 Å². The number of rotatable bonds is 3. The molecular weight excluding hydrogens is 303 g/mol. The van der Waals surface area contributed by atoms with Crippen molar-refractivity contribution in [2.24, 2.45) is 0 Å². The van der Waals surface area contributed by atoms with Gasteiger partial charge in [0.25, 0.3) is 0 Å². The van der Waals surface area contributed by atoms with E-state index in [-0.39, 0.29) is 5.60 Å². The molecule has 0 radical (unpaired) electrons. The van der Waals surface area contributed by atoms with Crippen LogP contribution in [0.3, 0.4) is 0 Å².